The molecule has 0 aliphatic carbocycles. The van der Waals surface area contributed by atoms with E-state index in [0.717, 1.165) is 48.6 Å². The van der Waals surface area contributed by atoms with Crippen molar-refractivity contribution in [3.8, 4) is 0 Å². The van der Waals surface area contributed by atoms with Gasteiger partial charge < -0.3 is 5.32 Å². The number of nitrogens with zero attached hydrogens (tertiary/aromatic N) is 4. The maximum absolute atomic E-state index is 13.0. The second-order valence-electron chi connectivity index (χ2n) is 8.22. The molecule has 1 atom stereocenters. The summed E-state index contributed by atoms with van der Waals surface area (Å²) >= 11 is 0. The first-order valence-electron chi connectivity index (χ1n) is 10.6. The molecule has 1 saturated heterocycles. The van der Waals surface area contributed by atoms with Gasteiger partial charge in [-0.15, -0.1) is 0 Å². The number of pyridine rings is 1. The molecule has 1 fully saturated rings. The van der Waals surface area contributed by atoms with E-state index in [9.17, 15) is 9.18 Å². The summed E-state index contributed by atoms with van der Waals surface area (Å²) in [6, 6.07) is 10.2. The lowest BCUT2D eigenvalue weighted by molar-refractivity contribution is 0.0949. The number of carbonyl (C=O) groups is 1. The van der Waals surface area contributed by atoms with Gasteiger partial charge in [0.25, 0.3) is 5.91 Å². The van der Waals surface area contributed by atoms with Crippen LogP contribution in [-0.2, 0) is 20.1 Å². The molecule has 6 nitrogen and oxygen atoms in total. The molecule has 1 aromatic carbocycles. The Morgan fingerprint density at radius 2 is 1.94 bits per heavy atom. The molecular weight excluding hydrogens is 393 g/mol. The highest BCUT2D eigenvalue weighted by Gasteiger charge is 2.28. The van der Waals surface area contributed by atoms with Crippen LogP contribution in [-0.4, -0.2) is 32.1 Å². The van der Waals surface area contributed by atoms with Gasteiger partial charge in [0.05, 0.1) is 28.7 Å². The fraction of sp³-hybridized carbons (Fsp3) is 0.375. The number of benzene rings is 1. The smallest absolute Gasteiger partial charge is 0.253 e. The minimum absolute atomic E-state index is 0.171. The molecule has 2 aromatic heterocycles. The molecule has 4 rings (SSSR count). The van der Waals surface area contributed by atoms with E-state index in [4.69, 9.17) is 4.98 Å². The molecule has 7 heteroatoms. The van der Waals surface area contributed by atoms with Crippen molar-refractivity contribution in [1.29, 1.82) is 0 Å². The lowest BCUT2D eigenvalue weighted by Gasteiger charge is -2.24. The number of hydrogen-bond acceptors (Lipinski definition) is 4. The van der Waals surface area contributed by atoms with Crippen LogP contribution in [0.4, 0.5) is 4.39 Å². The summed E-state index contributed by atoms with van der Waals surface area (Å²) in [6.07, 6.45) is 4.27. The summed E-state index contributed by atoms with van der Waals surface area (Å²) in [5.74, 6) is -0.458. The highest BCUT2D eigenvalue weighted by molar-refractivity contribution is 5.95. The zero-order valence-electron chi connectivity index (χ0n) is 18.2. The van der Waals surface area contributed by atoms with Gasteiger partial charge >= 0.3 is 0 Å². The van der Waals surface area contributed by atoms with Crippen molar-refractivity contribution >= 4 is 5.91 Å². The molecule has 1 N–H and O–H groups in total. The molecule has 3 aromatic rings. The van der Waals surface area contributed by atoms with Crippen molar-refractivity contribution in [1.82, 2.24) is 25.0 Å². The molecule has 31 heavy (non-hydrogen) atoms. The number of aromatic nitrogens is 3. The summed E-state index contributed by atoms with van der Waals surface area (Å²) < 4.78 is 14.9. The van der Waals surface area contributed by atoms with E-state index >= 15 is 0 Å². The van der Waals surface area contributed by atoms with Gasteiger partial charge in [0, 0.05) is 31.9 Å². The Balaban J connectivity index is 1.44. The summed E-state index contributed by atoms with van der Waals surface area (Å²) in [5.41, 5.74) is 5.45. The minimum Gasteiger partial charge on any atom is -0.348 e. The number of aryl methyl sites for hydroxylation is 3. The van der Waals surface area contributed by atoms with Crippen molar-refractivity contribution in [2.75, 3.05) is 6.54 Å². The lowest BCUT2D eigenvalue weighted by Crippen LogP contribution is -2.26. The monoisotopic (exact) mass is 421 g/mol. The Hall–Kier alpha value is -3.06. The van der Waals surface area contributed by atoms with Gasteiger partial charge in [0.2, 0.25) is 0 Å². The molecule has 162 valence electrons. The fourth-order valence-electron chi connectivity index (χ4n) is 4.26. The third-order valence-corrected chi connectivity index (χ3v) is 5.91. The van der Waals surface area contributed by atoms with Gasteiger partial charge in [0.15, 0.2) is 0 Å². The molecule has 1 aliphatic rings. The highest BCUT2D eigenvalue weighted by Crippen LogP contribution is 2.33. The molecule has 3 heterocycles. The molecule has 1 aliphatic heterocycles. The quantitative estimate of drug-likeness (QED) is 0.657. The second-order valence-corrected chi connectivity index (χ2v) is 8.22. The molecule has 0 spiro atoms. The first-order chi connectivity index (χ1) is 14.9. The van der Waals surface area contributed by atoms with Crippen molar-refractivity contribution in [3.63, 3.8) is 0 Å². The van der Waals surface area contributed by atoms with Crippen LogP contribution in [0.25, 0.3) is 0 Å². The average Bonchev–Trinajstić information content (AvgIpc) is 3.33. The Kier molecular flexibility index (Phi) is 6.13. The molecular formula is C24H28FN5O. The molecule has 1 unspecified atom stereocenters. The first-order valence-corrected chi connectivity index (χ1v) is 10.6. The van der Waals surface area contributed by atoms with Gasteiger partial charge in [-0.3, -0.25) is 19.4 Å². The number of amides is 1. The highest BCUT2D eigenvalue weighted by atomic mass is 19.1. The maximum atomic E-state index is 13.0. The Morgan fingerprint density at radius 3 is 2.61 bits per heavy atom. The normalized spacial score (nSPS) is 16.6. The van der Waals surface area contributed by atoms with E-state index in [2.05, 4.69) is 21.5 Å². The fourth-order valence-corrected chi connectivity index (χ4v) is 4.26. The van der Waals surface area contributed by atoms with Crippen LogP contribution in [0.5, 0.6) is 0 Å². The Bertz CT molecular complexity index is 1080. The van der Waals surface area contributed by atoms with E-state index in [1.807, 2.05) is 37.7 Å². The predicted molar refractivity (Wildman–Crippen MR) is 117 cm³/mol. The van der Waals surface area contributed by atoms with Crippen LogP contribution < -0.4 is 5.32 Å². The number of likely N-dealkylation sites (tertiary alicyclic amines) is 1. The molecule has 0 radical (unpaired) electrons. The topological polar surface area (TPSA) is 63.1 Å². The SMILES string of the molecule is Cc1nn(C)cc1CN1CCCC1c1ccc(C(=O)NCc2ccc(F)cc2)c(C)n1. The van der Waals surface area contributed by atoms with Gasteiger partial charge in [-0.2, -0.15) is 5.10 Å². The molecule has 0 saturated carbocycles. The van der Waals surface area contributed by atoms with Crippen molar-refractivity contribution < 1.29 is 9.18 Å². The molecule has 0 bridgehead atoms. The van der Waals surface area contributed by atoms with E-state index in [1.54, 1.807) is 12.1 Å². The van der Waals surface area contributed by atoms with Gasteiger partial charge in [0.1, 0.15) is 5.82 Å². The zero-order chi connectivity index (χ0) is 22.0. The van der Waals surface area contributed by atoms with Gasteiger partial charge in [-0.05, 0) is 63.1 Å². The third kappa shape index (κ3) is 4.82. The third-order valence-electron chi connectivity index (χ3n) is 5.91. The number of halogens is 1. The predicted octanol–water partition coefficient (Wildman–Crippen LogP) is 3.84. The maximum Gasteiger partial charge on any atom is 0.253 e. The minimum atomic E-state index is -0.287. The van der Waals surface area contributed by atoms with Crippen molar-refractivity contribution in [3.05, 3.63) is 82.2 Å². The van der Waals surface area contributed by atoms with E-state index in [0.29, 0.717) is 12.1 Å². The van der Waals surface area contributed by atoms with Crippen molar-refractivity contribution in [2.45, 2.75) is 45.8 Å². The lowest BCUT2D eigenvalue weighted by atomic mass is 10.1. The largest absolute Gasteiger partial charge is 0.348 e. The van der Waals surface area contributed by atoms with Crippen LogP contribution >= 0.6 is 0 Å². The first kappa shape index (κ1) is 21.2. The summed E-state index contributed by atoms with van der Waals surface area (Å²) in [4.78, 5) is 19.9. The van der Waals surface area contributed by atoms with Crippen LogP contribution in [0.15, 0.2) is 42.6 Å². The average molecular weight is 422 g/mol. The van der Waals surface area contributed by atoms with E-state index < -0.39 is 0 Å². The summed E-state index contributed by atoms with van der Waals surface area (Å²) in [6.45, 7) is 6.15. The Labute approximate surface area is 182 Å². The van der Waals surface area contributed by atoms with Crippen LogP contribution in [0.2, 0.25) is 0 Å². The molecule has 1 amide bonds. The standard InChI is InChI=1S/C24H28FN5O/c1-16-19(14-29(3)28-16)15-30-12-4-5-23(30)22-11-10-21(17(2)27-22)24(31)26-13-18-6-8-20(25)9-7-18/h6-11,14,23H,4-5,12-13,15H2,1-3H3,(H,26,31). The van der Waals surface area contributed by atoms with Gasteiger partial charge in [-0.1, -0.05) is 12.1 Å². The number of nitrogens with one attached hydrogen (secondary N) is 1. The summed E-state index contributed by atoms with van der Waals surface area (Å²) in [5, 5.41) is 7.34. The summed E-state index contributed by atoms with van der Waals surface area (Å²) in [7, 11) is 1.95. The Morgan fingerprint density at radius 1 is 1.16 bits per heavy atom. The number of carbonyl (C=O) groups excluding carboxylic acids is 1. The van der Waals surface area contributed by atoms with E-state index in [-0.39, 0.29) is 17.8 Å². The van der Waals surface area contributed by atoms with Crippen molar-refractivity contribution in [2.24, 2.45) is 7.05 Å². The van der Waals surface area contributed by atoms with Gasteiger partial charge in [-0.25, -0.2) is 4.39 Å². The second kappa shape index (κ2) is 8.98. The van der Waals surface area contributed by atoms with Crippen LogP contribution in [0.1, 0.15) is 57.5 Å². The zero-order valence-corrected chi connectivity index (χ0v) is 18.2. The van der Waals surface area contributed by atoms with Crippen LogP contribution in [0.3, 0.4) is 0 Å². The number of rotatable bonds is 6. The van der Waals surface area contributed by atoms with Crippen LogP contribution in [0, 0.1) is 19.7 Å². The number of hydrogen-bond donors (Lipinski definition) is 1. The van der Waals surface area contributed by atoms with E-state index in [1.165, 1.54) is 17.7 Å².